The van der Waals surface area contributed by atoms with Gasteiger partial charge in [0.1, 0.15) is 0 Å². The number of nitrogens with one attached hydrogen (secondary N) is 2. The van der Waals surface area contributed by atoms with Crippen molar-refractivity contribution in [3.05, 3.63) is 47.3 Å². The van der Waals surface area contributed by atoms with Gasteiger partial charge in [0, 0.05) is 24.0 Å². The summed E-state index contributed by atoms with van der Waals surface area (Å²) in [5.41, 5.74) is 4.50. The summed E-state index contributed by atoms with van der Waals surface area (Å²) in [6.45, 7) is 6.19. The molecule has 2 rings (SSSR count). The molecule has 4 nitrogen and oxygen atoms in total. The van der Waals surface area contributed by atoms with Crippen molar-refractivity contribution in [1.29, 1.82) is 0 Å². The molecule has 1 aromatic carbocycles. The Morgan fingerprint density at radius 3 is 2.70 bits per heavy atom. The zero-order valence-corrected chi connectivity index (χ0v) is 13.1. The molecule has 0 saturated carbocycles. The van der Waals surface area contributed by atoms with Crippen molar-refractivity contribution in [2.75, 3.05) is 5.32 Å². The lowest BCUT2D eigenvalue weighted by molar-refractivity contribution is 0.701. The molecule has 20 heavy (non-hydrogen) atoms. The van der Waals surface area contributed by atoms with Crippen molar-refractivity contribution in [2.24, 2.45) is 7.05 Å². The Bertz CT molecular complexity index is 618. The number of nitrogens with zero attached hydrogens (tertiary/aromatic N) is 2. The largest absolute Gasteiger partial charge is 0.356 e. The van der Waals surface area contributed by atoms with Crippen LogP contribution in [-0.2, 0) is 7.05 Å². The van der Waals surface area contributed by atoms with Crippen LogP contribution < -0.4 is 10.6 Å². The van der Waals surface area contributed by atoms with Gasteiger partial charge in [-0.15, -0.1) is 0 Å². The number of hydrogen-bond acceptors (Lipinski definition) is 2. The van der Waals surface area contributed by atoms with Crippen molar-refractivity contribution in [2.45, 2.75) is 26.8 Å². The zero-order valence-electron chi connectivity index (χ0n) is 12.3. The second-order valence-electron chi connectivity index (χ2n) is 5.00. The molecule has 0 aliphatic rings. The third-order valence-corrected chi connectivity index (χ3v) is 3.58. The average Bonchev–Trinajstić information content (AvgIpc) is 2.69. The molecule has 0 amide bonds. The number of aryl methyl sites for hydroxylation is 2. The van der Waals surface area contributed by atoms with Crippen LogP contribution in [0.2, 0.25) is 0 Å². The lowest BCUT2D eigenvalue weighted by Gasteiger charge is -2.17. The number of benzene rings is 1. The maximum absolute atomic E-state index is 5.36. The summed E-state index contributed by atoms with van der Waals surface area (Å²) in [6.07, 6.45) is 1.88. The molecule has 5 heteroatoms. The van der Waals surface area contributed by atoms with E-state index >= 15 is 0 Å². The highest BCUT2D eigenvalue weighted by atomic mass is 32.1. The fourth-order valence-electron chi connectivity index (χ4n) is 2.11. The van der Waals surface area contributed by atoms with E-state index in [-0.39, 0.29) is 6.04 Å². The van der Waals surface area contributed by atoms with Gasteiger partial charge >= 0.3 is 0 Å². The monoisotopic (exact) mass is 288 g/mol. The Morgan fingerprint density at radius 1 is 1.35 bits per heavy atom. The van der Waals surface area contributed by atoms with Crippen LogP contribution in [0.3, 0.4) is 0 Å². The predicted molar refractivity (Wildman–Crippen MR) is 86.9 cm³/mol. The summed E-state index contributed by atoms with van der Waals surface area (Å²) < 4.78 is 1.87. The molecule has 0 radical (unpaired) electrons. The molecule has 2 N–H and O–H groups in total. The van der Waals surface area contributed by atoms with Crippen LogP contribution >= 0.6 is 12.2 Å². The van der Waals surface area contributed by atoms with E-state index in [0.717, 1.165) is 16.9 Å². The molecule has 0 spiro atoms. The number of thiocarbonyl (C=S) groups is 1. The van der Waals surface area contributed by atoms with E-state index in [4.69, 9.17) is 12.2 Å². The molecule has 0 saturated heterocycles. The molecule has 0 aliphatic heterocycles. The van der Waals surface area contributed by atoms with E-state index in [1.54, 1.807) is 0 Å². The maximum atomic E-state index is 5.36. The lowest BCUT2D eigenvalue weighted by atomic mass is 10.1. The van der Waals surface area contributed by atoms with Crippen molar-refractivity contribution in [3.63, 3.8) is 0 Å². The van der Waals surface area contributed by atoms with Gasteiger partial charge in [0.15, 0.2) is 5.11 Å². The average molecular weight is 288 g/mol. The van der Waals surface area contributed by atoms with Crippen molar-refractivity contribution >= 4 is 23.0 Å². The smallest absolute Gasteiger partial charge is 0.171 e. The standard InChI is InChI=1S/C15H20N4S/c1-10-6-5-7-13(8-10)18-15(20)17-11(2)14-9-16-19(4)12(14)3/h5-9,11H,1-4H3,(H2,17,18,20). The summed E-state index contributed by atoms with van der Waals surface area (Å²) in [6, 6.07) is 8.25. The van der Waals surface area contributed by atoms with Gasteiger partial charge in [-0.2, -0.15) is 5.10 Å². The normalized spacial score (nSPS) is 12.0. The molecule has 0 aliphatic carbocycles. The second-order valence-corrected chi connectivity index (χ2v) is 5.41. The first kappa shape index (κ1) is 14.5. The maximum Gasteiger partial charge on any atom is 0.171 e. The summed E-state index contributed by atoms with van der Waals surface area (Å²) in [7, 11) is 1.94. The van der Waals surface area contributed by atoms with Gasteiger partial charge in [0.05, 0.1) is 12.2 Å². The SMILES string of the molecule is Cc1cccc(NC(=S)NC(C)c2cnn(C)c2C)c1. The van der Waals surface area contributed by atoms with Crippen LogP contribution in [0.4, 0.5) is 5.69 Å². The predicted octanol–water partition coefficient (Wildman–Crippen LogP) is 3.08. The van der Waals surface area contributed by atoms with Crippen LogP contribution in [0.1, 0.15) is 29.8 Å². The van der Waals surface area contributed by atoms with E-state index in [2.05, 4.69) is 48.6 Å². The highest BCUT2D eigenvalue weighted by molar-refractivity contribution is 7.80. The summed E-state index contributed by atoms with van der Waals surface area (Å²) >= 11 is 5.36. The molecule has 1 aromatic heterocycles. The first-order valence-corrected chi connectivity index (χ1v) is 7.01. The molecule has 2 aromatic rings. The molecule has 1 heterocycles. The Morgan fingerprint density at radius 2 is 2.10 bits per heavy atom. The fraction of sp³-hybridized carbons (Fsp3) is 0.333. The van der Waals surface area contributed by atoms with Crippen molar-refractivity contribution in [1.82, 2.24) is 15.1 Å². The van der Waals surface area contributed by atoms with Gasteiger partial charge in [-0.05, 0) is 50.7 Å². The van der Waals surface area contributed by atoms with E-state index in [0.29, 0.717) is 5.11 Å². The minimum absolute atomic E-state index is 0.119. The fourth-order valence-corrected chi connectivity index (χ4v) is 2.40. The van der Waals surface area contributed by atoms with Gasteiger partial charge in [-0.1, -0.05) is 12.1 Å². The minimum Gasteiger partial charge on any atom is -0.356 e. The number of anilines is 1. The highest BCUT2D eigenvalue weighted by Gasteiger charge is 2.12. The number of aromatic nitrogens is 2. The Kier molecular flexibility index (Phi) is 4.39. The second kappa shape index (κ2) is 6.05. The lowest BCUT2D eigenvalue weighted by Crippen LogP contribution is -2.31. The highest BCUT2D eigenvalue weighted by Crippen LogP contribution is 2.16. The molecule has 106 valence electrons. The van der Waals surface area contributed by atoms with Gasteiger partial charge < -0.3 is 10.6 Å². The quantitative estimate of drug-likeness (QED) is 0.852. The first-order valence-electron chi connectivity index (χ1n) is 6.60. The van der Waals surface area contributed by atoms with E-state index in [1.165, 1.54) is 5.56 Å². The van der Waals surface area contributed by atoms with E-state index in [1.807, 2.05) is 30.1 Å². The third-order valence-electron chi connectivity index (χ3n) is 3.36. The summed E-state index contributed by atoms with van der Waals surface area (Å²) in [5, 5.41) is 11.4. The van der Waals surface area contributed by atoms with Crippen LogP contribution in [0.15, 0.2) is 30.5 Å². The third kappa shape index (κ3) is 3.36. The van der Waals surface area contributed by atoms with Crippen LogP contribution in [0.25, 0.3) is 0 Å². The van der Waals surface area contributed by atoms with Crippen LogP contribution in [-0.4, -0.2) is 14.9 Å². The van der Waals surface area contributed by atoms with Crippen molar-refractivity contribution in [3.8, 4) is 0 Å². The molecular formula is C15H20N4S. The van der Waals surface area contributed by atoms with Gasteiger partial charge in [0.2, 0.25) is 0 Å². The van der Waals surface area contributed by atoms with Crippen molar-refractivity contribution < 1.29 is 0 Å². The number of rotatable bonds is 3. The first-order chi connectivity index (χ1) is 9.47. The Hall–Kier alpha value is -1.88. The van der Waals surface area contributed by atoms with E-state index < -0.39 is 0 Å². The van der Waals surface area contributed by atoms with Crippen LogP contribution in [0, 0.1) is 13.8 Å². The van der Waals surface area contributed by atoms with Gasteiger partial charge in [-0.3, -0.25) is 4.68 Å². The molecular weight excluding hydrogens is 268 g/mol. The van der Waals surface area contributed by atoms with Gasteiger partial charge in [0.25, 0.3) is 0 Å². The zero-order chi connectivity index (χ0) is 14.7. The summed E-state index contributed by atoms with van der Waals surface area (Å²) in [4.78, 5) is 0. The molecule has 1 atom stereocenters. The van der Waals surface area contributed by atoms with Crippen LogP contribution in [0.5, 0.6) is 0 Å². The number of hydrogen-bond donors (Lipinski definition) is 2. The molecule has 0 fully saturated rings. The summed E-state index contributed by atoms with van der Waals surface area (Å²) in [5.74, 6) is 0. The van der Waals surface area contributed by atoms with E-state index in [9.17, 15) is 0 Å². The minimum atomic E-state index is 0.119. The van der Waals surface area contributed by atoms with Gasteiger partial charge in [-0.25, -0.2) is 0 Å². The molecule has 0 bridgehead atoms. The Balaban J connectivity index is 1.99. The molecule has 1 unspecified atom stereocenters. The topological polar surface area (TPSA) is 41.9 Å². The Labute approximate surface area is 125 Å².